The minimum atomic E-state index is -2.61. The van der Waals surface area contributed by atoms with Crippen LogP contribution in [0.2, 0.25) is 0 Å². The third-order valence-corrected chi connectivity index (χ3v) is 1.71. The molecule has 1 fully saturated rings. The molecular weight excluding hydrogens is 182 g/mol. The molecule has 0 aromatic rings. The summed E-state index contributed by atoms with van der Waals surface area (Å²) in [6.07, 6.45) is 0.329. The first-order chi connectivity index (χ1) is 6.03. The van der Waals surface area contributed by atoms with Crippen LogP contribution in [0.3, 0.4) is 0 Å². The van der Waals surface area contributed by atoms with Crippen molar-refractivity contribution in [1.29, 1.82) is 0 Å². The van der Waals surface area contributed by atoms with Crippen molar-refractivity contribution < 1.29 is 18.4 Å². The van der Waals surface area contributed by atoms with E-state index in [4.69, 9.17) is 0 Å². The first-order valence-corrected chi connectivity index (χ1v) is 3.78. The fourth-order valence-electron chi connectivity index (χ4n) is 1.10. The van der Waals surface area contributed by atoms with Crippen molar-refractivity contribution in [3.8, 4) is 0 Å². The summed E-state index contributed by atoms with van der Waals surface area (Å²) in [5.41, 5.74) is 0. The van der Waals surface area contributed by atoms with Crippen molar-refractivity contribution in [1.82, 2.24) is 5.32 Å². The maximum absolute atomic E-state index is 12.3. The minimum Gasteiger partial charge on any atom is -0.399 e. The Hall–Kier alpha value is -1.20. The van der Waals surface area contributed by atoms with Crippen molar-refractivity contribution in [3.05, 3.63) is 0 Å². The van der Waals surface area contributed by atoms with Crippen molar-refractivity contribution >= 4 is 12.1 Å². The van der Waals surface area contributed by atoms with Crippen LogP contribution in [-0.2, 0) is 9.63 Å². The molecule has 4 nitrogen and oxygen atoms in total. The second kappa shape index (κ2) is 3.68. The van der Waals surface area contributed by atoms with E-state index in [1.807, 2.05) is 0 Å². The Morgan fingerprint density at radius 3 is 2.77 bits per heavy atom. The lowest BCUT2D eigenvalue weighted by Crippen LogP contribution is -2.50. The summed E-state index contributed by atoms with van der Waals surface area (Å²) in [4.78, 5) is 15.1. The molecule has 0 aromatic heterocycles. The van der Waals surface area contributed by atoms with Crippen molar-refractivity contribution in [2.75, 3.05) is 7.11 Å². The molecule has 0 aliphatic heterocycles. The molecule has 0 spiro atoms. The predicted octanol–water partition coefficient (Wildman–Crippen LogP) is 0.533. The molecule has 1 aliphatic carbocycles. The van der Waals surface area contributed by atoms with Gasteiger partial charge in [-0.25, -0.2) is 8.78 Å². The molecule has 1 N–H and O–H groups in total. The van der Waals surface area contributed by atoms with Gasteiger partial charge in [-0.1, -0.05) is 5.16 Å². The third-order valence-electron chi connectivity index (χ3n) is 1.71. The third kappa shape index (κ3) is 2.96. The second-order valence-corrected chi connectivity index (χ2v) is 2.89. The Kier molecular flexibility index (Phi) is 2.79. The monoisotopic (exact) mass is 192 g/mol. The van der Waals surface area contributed by atoms with Gasteiger partial charge in [0.1, 0.15) is 13.3 Å². The molecule has 0 unspecified atom stereocenters. The van der Waals surface area contributed by atoms with Gasteiger partial charge in [-0.2, -0.15) is 0 Å². The first-order valence-electron chi connectivity index (χ1n) is 3.78. The van der Waals surface area contributed by atoms with E-state index in [1.165, 1.54) is 7.11 Å². The molecule has 0 atom stereocenters. The van der Waals surface area contributed by atoms with Crippen LogP contribution in [-0.4, -0.2) is 31.2 Å². The SMILES string of the molecule is CO/N=C/C(=O)NC1CC(F)(F)C1. The number of rotatable bonds is 3. The Morgan fingerprint density at radius 2 is 2.31 bits per heavy atom. The van der Waals surface area contributed by atoms with Crippen LogP contribution >= 0.6 is 0 Å². The second-order valence-electron chi connectivity index (χ2n) is 2.89. The topological polar surface area (TPSA) is 50.7 Å². The lowest BCUT2D eigenvalue weighted by atomic mass is 9.88. The summed E-state index contributed by atoms with van der Waals surface area (Å²) in [6, 6.07) is -0.439. The maximum atomic E-state index is 12.3. The molecule has 1 rings (SSSR count). The Labute approximate surface area is 73.9 Å². The number of oxime groups is 1. The molecule has 0 saturated heterocycles. The Morgan fingerprint density at radius 1 is 1.69 bits per heavy atom. The van der Waals surface area contributed by atoms with Gasteiger partial charge in [-0.3, -0.25) is 4.79 Å². The molecule has 0 heterocycles. The number of hydrogen-bond donors (Lipinski definition) is 1. The average molecular weight is 192 g/mol. The quantitative estimate of drug-likeness (QED) is 0.524. The minimum absolute atomic E-state index is 0.292. The van der Waals surface area contributed by atoms with E-state index in [-0.39, 0.29) is 12.8 Å². The largest absolute Gasteiger partial charge is 0.399 e. The predicted molar refractivity (Wildman–Crippen MR) is 41.6 cm³/mol. The van der Waals surface area contributed by atoms with Crippen LogP contribution in [0.25, 0.3) is 0 Å². The fraction of sp³-hybridized carbons (Fsp3) is 0.714. The average Bonchev–Trinajstić information content (AvgIpc) is 1.97. The molecule has 6 heteroatoms. The van der Waals surface area contributed by atoms with Gasteiger partial charge in [-0.15, -0.1) is 0 Å². The molecule has 1 saturated carbocycles. The molecule has 1 amide bonds. The highest BCUT2D eigenvalue weighted by Gasteiger charge is 2.45. The van der Waals surface area contributed by atoms with Crippen LogP contribution in [0.1, 0.15) is 12.8 Å². The molecule has 13 heavy (non-hydrogen) atoms. The summed E-state index contributed by atoms with van der Waals surface area (Å²) in [5, 5.41) is 5.55. The highest BCUT2D eigenvalue weighted by Crippen LogP contribution is 2.37. The Balaban J connectivity index is 2.20. The smallest absolute Gasteiger partial charge is 0.266 e. The number of hydrogen-bond acceptors (Lipinski definition) is 3. The van der Waals surface area contributed by atoms with E-state index in [9.17, 15) is 13.6 Å². The lowest BCUT2D eigenvalue weighted by molar-refractivity contribution is -0.123. The fourth-order valence-corrected chi connectivity index (χ4v) is 1.10. The number of carbonyl (C=O) groups excluding carboxylic acids is 1. The van der Waals surface area contributed by atoms with E-state index in [2.05, 4.69) is 15.3 Å². The van der Waals surface area contributed by atoms with Crippen LogP contribution < -0.4 is 5.32 Å². The van der Waals surface area contributed by atoms with Gasteiger partial charge in [0.15, 0.2) is 0 Å². The number of halogens is 2. The number of nitrogens with one attached hydrogen (secondary N) is 1. The normalized spacial score (nSPS) is 21.2. The van der Waals surface area contributed by atoms with Gasteiger partial charge in [0.2, 0.25) is 0 Å². The molecule has 0 radical (unpaired) electrons. The van der Waals surface area contributed by atoms with E-state index in [0.717, 1.165) is 6.21 Å². The van der Waals surface area contributed by atoms with Crippen LogP contribution in [0.4, 0.5) is 8.78 Å². The molecular formula is C7H10F2N2O2. The zero-order chi connectivity index (χ0) is 9.90. The molecule has 1 aliphatic rings. The summed E-state index contributed by atoms with van der Waals surface area (Å²) in [6.45, 7) is 0. The molecule has 0 aromatic carbocycles. The molecule has 0 bridgehead atoms. The highest BCUT2D eigenvalue weighted by molar-refractivity contribution is 6.26. The zero-order valence-electron chi connectivity index (χ0n) is 7.09. The zero-order valence-corrected chi connectivity index (χ0v) is 7.09. The number of alkyl halides is 2. The first kappa shape index (κ1) is 9.88. The summed E-state index contributed by atoms with van der Waals surface area (Å²) >= 11 is 0. The summed E-state index contributed by atoms with van der Waals surface area (Å²) < 4.78 is 24.6. The number of carbonyl (C=O) groups is 1. The van der Waals surface area contributed by atoms with Gasteiger partial charge >= 0.3 is 0 Å². The van der Waals surface area contributed by atoms with E-state index in [1.54, 1.807) is 0 Å². The van der Waals surface area contributed by atoms with E-state index >= 15 is 0 Å². The Bertz CT molecular complexity index is 223. The van der Waals surface area contributed by atoms with Crippen molar-refractivity contribution in [2.45, 2.75) is 24.8 Å². The summed E-state index contributed by atoms with van der Waals surface area (Å²) in [5.74, 6) is -3.13. The van der Waals surface area contributed by atoms with Gasteiger partial charge < -0.3 is 10.2 Å². The standard InChI is InChI=1S/C7H10F2N2O2/c1-13-10-4-6(12)11-5-2-7(8,9)3-5/h4-5H,2-3H2,1H3,(H,11,12)/b10-4+. The number of amides is 1. The van der Waals surface area contributed by atoms with Crippen LogP contribution in [0, 0.1) is 0 Å². The molecule has 74 valence electrons. The highest BCUT2D eigenvalue weighted by atomic mass is 19.3. The maximum Gasteiger partial charge on any atom is 0.266 e. The van der Waals surface area contributed by atoms with Gasteiger partial charge in [0.05, 0.1) is 0 Å². The van der Waals surface area contributed by atoms with Crippen LogP contribution in [0.15, 0.2) is 5.16 Å². The number of nitrogens with zero attached hydrogens (tertiary/aromatic N) is 1. The van der Waals surface area contributed by atoms with Crippen LogP contribution in [0.5, 0.6) is 0 Å². The van der Waals surface area contributed by atoms with Gasteiger partial charge in [-0.05, 0) is 0 Å². The van der Waals surface area contributed by atoms with Crippen molar-refractivity contribution in [2.24, 2.45) is 5.16 Å². The summed E-state index contributed by atoms with van der Waals surface area (Å²) in [7, 11) is 1.29. The van der Waals surface area contributed by atoms with E-state index < -0.39 is 17.9 Å². The van der Waals surface area contributed by atoms with Crippen molar-refractivity contribution in [3.63, 3.8) is 0 Å². The van der Waals surface area contributed by atoms with Gasteiger partial charge in [0, 0.05) is 18.9 Å². The van der Waals surface area contributed by atoms with Gasteiger partial charge in [0.25, 0.3) is 11.8 Å². The van der Waals surface area contributed by atoms with E-state index in [0.29, 0.717) is 0 Å². The lowest BCUT2D eigenvalue weighted by Gasteiger charge is -2.34.